The summed E-state index contributed by atoms with van der Waals surface area (Å²) in [5.74, 6) is 2.10. The molecule has 7 nitrogen and oxygen atoms in total. The van der Waals surface area contributed by atoms with Gasteiger partial charge in [0.15, 0.2) is 11.6 Å². The first-order valence-electron chi connectivity index (χ1n) is 7.68. The van der Waals surface area contributed by atoms with Crippen LogP contribution in [0.25, 0.3) is 5.82 Å². The van der Waals surface area contributed by atoms with E-state index in [-0.39, 0.29) is 5.78 Å². The molecule has 0 aromatic carbocycles. The number of hydrogen-bond acceptors (Lipinski definition) is 6. The number of Topliss-reactive ketones (excluding diaryl/α,β-unsaturated/α-hetero) is 1. The van der Waals surface area contributed by atoms with E-state index in [1.54, 1.807) is 10.9 Å². The Bertz CT molecular complexity index is 692. The van der Waals surface area contributed by atoms with Gasteiger partial charge in [-0.3, -0.25) is 4.79 Å². The van der Waals surface area contributed by atoms with Crippen molar-refractivity contribution in [2.45, 2.75) is 27.2 Å². The summed E-state index contributed by atoms with van der Waals surface area (Å²) >= 11 is 0. The van der Waals surface area contributed by atoms with Crippen LogP contribution in [0.15, 0.2) is 12.3 Å². The number of aromatic nitrogens is 4. The van der Waals surface area contributed by atoms with E-state index < -0.39 is 0 Å². The second-order valence-electron chi connectivity index (χ2n) is 5.85. The van der Waals surface area contributed by atoms with Crippen LogP contribution in [0.3, 0.4) is 0 Å². The lowest BCUT2D eigenvalue weighted by Crippen LogP contribution is -2.17. The van der Waals surface area contributed by atoms with Gasteiger partial charge in [0.2, 0.25) is 0 Å². The Morgan fingerprint density at radius 2 is 2.04 bits per heavy atom. The average Bonchev–Trinajstić information content (AvgIpc) is 2.85. The fourth-order valence-corrected chi connectivity index (χ4v) is 2.35. The van der Waals surface area contributed by atoms with Gasteiger partial charge < -0.3 is 10.2 Å². The largest absolute Gasteiger partial charge is 0.370 e. The number of nitrogens with one attached hydrogen (secondary N) is 1. The maximum absolute atomic E-state index is 11.6. The lowest BCUT2D eigenvalue weighted by atomic mass is 10.2. The van der Waals surface area contributed by atoms with Crippen LogP contribution in [0.5, 0.6) is 0 Å². The zero-order valence-electron chi connectivity index (χ0n) is 14.4. The van der Waals surface area contributed by atoms with Gasteiger partial charge >= 0.3 is 0 Å². The van der Waals surface area contributed by atoms with Crippen molar-refractivity contribution in [3.63, 3.8) is 0 Å². The Labute approximate surface area is 136 Å². The minimum Gasteiger partial charge on any atom is -0.370 e. The molecule has 0 radical (unpaired) electrons. The molecule has 1 N–H and O–H groups in total. The van der Waals surface area contributed by atoms with Crippen molar-refractivity contribution in [2.24, 2.45) is 0 Å². The zero-order chi connectivity index (χ0) is 17.0. The van der Waals surface area contributed by atoms with Crippen molar-refractivity contribution in [3.05, 3.63) is 29.3 Å². The van der Waals surface area contributed by atoms with Gasteiger partial charge in [0.05, 0.1) is 17.5 Å². The van der Waals surface area contributed by atoms with Gasteiger partial charge in [-0.1, -0.05) is 0 Å². The summed E-state index contributed by atoms with van der Waals surface area (Å²) in [4.78, 5) is 22.5. The van der Waals surface area contributed by atoms with Crippen LogP contribution in [-0.2, 0) is 0 Å². The number of carbonyl (C=O) groups is 1. The third-order valence-corrected chi connectivity index (χ3v) is 3.52. The molecule has 0 fully saturated rings. The molecular weight excluding hydrogens is 292 g/mol. The number of anilines is 1. The number of ketones is 1. The fraction of sp³-hybridized carbons (Fsp3) is 0.500. The molecule has 0 bridgehead atoms. The van der Waals surface area contributed by atoms with Crippen LogP contribution in [0, 0.1) is 13.8 Å². The van der Waals surface area contributed by atoms with Gasteiger partial charge in [-0.05, 0) is 47.8 Å². The van der Waals surface area contributed by atoms with Crippen LogP contribution in [0.4, 0.5) is 5.82 Å². The van der Waals surface area contributed by atoms with Crippen molar-refractivity contribution < 1.29 is 4.79 Å². The van der Waals surface area contributed by atoms with Crippen molar-refractivity contribution in [1.82, 2.24) is 24.6 Å². The summed E-state index contributed by atoms with van der Waals surface area (Å²) in [6.45, 7) is 7.11. The van der Waals surface area contributed by atoms with Gasteiger partial charge in [-0.15, -0.1) is 0 Å². The van der Waals surface area contributed by atoms with Crippen LogP contribution in [0.2, 0.25) is 0 Å². The molecule has 2 aromatic rings. The van der Waals surface area contributed by atoms with E-state index in [1.165, 1.54) is 6.92 Å². The molecular formula is C16H24N6O. The molecule has 7 heteroatoms. The number of hydrogen-bond donors (Lipinski definition) is 1. The number of aryl methyl sites for hydroxylation is 1. The Kier molecular flexibility index (Phi) is 5.44. The van der Waals surface area contributed by atoms with Crippen molar-refractivity contribution in [1.29, 1.82) is 0 Å². The molecule has 0 unspecified atom stereocenters. The molecule has 0 atom stereocenters. The highest BCUT2D eigenvalue weighted by molar-refractivity contribution is 5.95. The monoisotopic (exact) mass is 316 g/mol. The Morgan fingerprint density at radius 3 is 2.65 bits per heavy atom. The molecule has 124 valence electrons. The molecule has 2 rings (SSSR count). The Hall–Kier alpha value is -2.28. The predicted molar refractivity (Wildman–Crippen MR) is 90.3 cm³/mol. The molecule has 0 aliphatic rings. The Balaban J connectivity index is 2.19. The molecule has 0 aliphatic carbocycles. The van der Waals surface area contributed by atoms with E-state index in [4.69, 9.17) is 0 Å². The van der Waals surface area contributed by atoms with Crippen molar-refractivity contribution in [2.75, 3.05) is 32.5 Å². The normalized spacial score (nSPS) is 11.0. The molecule has 23 heavy (non-hydrogen) atoms. The third-order valence-electron chi connectivity index (χ3n) is 3.52. The lowest BCUT2D eigenvalue weighted by molar-refractivity contribution is 0.101. The summed E-state index contributed by atoms with van der Waals surface area (Å²) in [5, 5.41) is 7.59. The lowest BCUT2D eigenvalue weighted by Gasteiger charge is -2.12. The number of nitrogens with zero attached hydrogens (tertiary/aromatic N) is 5. The maximum atomic E-state index is 11.6. The summed E-state index contributed by atoms with van der Waals surface area (Å²) in [7, 11) is 4.11. The summed E-state index contributed by atoms with van der Waals surface area (Å²) in [6, 6.07) is 1.85. The molecule has 0 saturated carbocycles. The molecule has 0 aliphatic heterocycles. The van der Waals surface area contributed by atoms with E-state index in [0.717, 1.165) is 31.0 Å². The first kappa shape index (κ1) is 17.1. The summed E-state index contributed by atoms with van der Waals surface area (Å²) < 4.78 is 1.68. The van der Waals surface area contributed by atoms with Crippen LogP contribution in [-0.4, -0.2) is 57.6 Å². The molecule has 0 saturated heterocycles. The molecule has 0 amide bonds. The Morgan fingerprint density at radius 1 is 1.30 bits per heavy atom. The van der Waals surface area contributed by atoms with Gasteiger partial charge in [0.1, 0.15) is 11.6 Å². The van der Waals surface area contributed by atoms with E-state index in [2.05, 4.69) is 39.4 Å². The minimum atomic E-state index is 0.00145. The number of carbonyl (C=O) groups excluding carboxylic acids is 1. The molecule has 0 spiro atoms. The minimum absolute atomic E-state index is 0.00145. The van der Waals surface area contributed by atoms with Crippen molar-refractivity contribution >= 4 is 11.6 Å². The van der Waals surface area contributed by atoms with Crippen LogP contribution in [0.1, 0.15) is 35.2 Å². The van der Waals surface area contributed by atoms with Crippen LogP contribution >= 0.6 is 0 Å². The smallest absolute Gasteiger partial charge is 0.163 e. The van der Waals surface area contributed by atoms with Gasteiger partial charge in [0, 0.05) is 12.6 Å². The summed E-state index contributed by atoms with van der Waals surface area (Å²) in [5.41, 5.74) is 1.40. The first-order chi connectivity index (χ1) is 10.9. The average molecular weight is 316 g/mol. The fourth-order valence-electron chi connectivity index (χ4n) is 2.35. The van der Waals surface area contributed by atoms with Gasteiger partial charge in [0.25, 0.3) is 0 Å². The summed E-state index contributed by atoms with van der Waals surface area (Å²) in [6.07, 6.45) is 2.61. The predicted octanol–water partition coefficient (Wildman–Crippen LogP) is 1.85. The first-order valence-corrected chi connectivity index (χ1v) is 7.68. The standard InChI is InChI=1S/C16H24N6O/c1-11-14(12(2)23)10-18-22(11)16-9-15(19-13(3)20-16)17-7-6-8-21(4)5/h9-10H,6-8H2,1-5H3,(H,17,19,20). The third kappa shape index (κ3) is 4.35. The van der Waals surface area contributed by atoms with E-state index >= 15 is 0 Å². The van der Waals surface area contributed by atoms with Crippen molar-refractivity contribution in [3.8, 4) is 5.82 Å². The maximum Gasteiger partial charge on any atom is 0.163 e. The SMILES string of the molecule is CC(=O)c1cnn(-c2cc(NCCCN(C)C)nc(C)n2)c1C. The highest BCUT2D eigenvalue weighted by Gasteiger charge is 2.13. The topological polar surface area (TPSA) is 75.9 Å². The molecule has 2 heterocycles. The number of rotatable bonds is 7. The zero-order valence-corrected chi connectivity index (χ0v) is 14.4. The van der Waals surface area contributed by atoms with Crippen LogP contribution < -0.4 is 5.32 Å². The van der Waals surface area contributed by atoms with E-state index in [0.29, 0.717) is 17.2 Å². The molecule has 2 aromatic heterocycles. The van der Waals surface area contributed by atoms with Gasteiger partial charge in [-0.25, -0.2) is 14.6 Å². The van der Waals surface area contributed by atoms with E-state index in [9.17, 15) is 4.79 Å². The highest BCUT2D eigenvalue weighted by Crippen LogP contribution is 2.16. The highest BCUT2D eigenvalue weighted by atomic mass is 16.1. The second kappa shape index (κ2) is 7.32. The quantitative estimate of drug-likeness (QED) is 0.620. The second-order valence-corrected chi connectivity index (χ2v) is 5.85. The van der Waals surface area contributed by atoms with Gasteiger partial charge in [-0.2, -0.15) is 5.10 Å². The van der Waals surface area contributed by atoms with E-state index in [1.807, 2.05) is 19.9 Å².